The Kier molecular flexibility index (Phi) is 6.94. The summed E-state index contributed by atoms with van der Waals surface area (Å²) < 4.78 is 2.31. The van der Waals surface area contributed by atoms with Crippen molar-refractivity contribution >= 4 is 50.7 Å². The lowest BCUT2D eigenvalue weighted by atomic mass is 10.1. The molecule has 0 fully saturated rings. The highest BCUT2D eigenvalue weighted by Crippen LogP contribution is 2.31. The summed E-state index contributed by atoms with van der Waals surface area (Å²) in [7, 11) is 1.73. The Balaban J connectivity index is 1.46. The van der Waals surface area contributed by atoms with Crippen molar-refractivity contribution in [3.8, 4) is 10.4 Å². The predicted octanol–water partition coefficient (Wildman–Crippen LogP) is 5.22. The van der Waals surface area contributed by atoms with E-state index in [1.165, 1.54) is 11.3 Å². The highest BCUT2D eigenvalue weighted by atomic mass is 35.5. The van der Waals surface area contributed by atoms with Crippen LogP contribution in [0.5, 0.6) is 0 Å². The molecular weight excluding hydrogens is 465 g/mol. The van der Waals surface area contributed by atoms with Crippen molar-refractivity contribution in [2.75, 3.05) is 12.9 Å². The fourth-order valence-corrected chi connectivity index (χ4v) is 4.78. The topological polar surface area (TPSA) is 55.2 Å². The van der Waals surface area contributed by atoms with Gasteiger partial charge in [0.25, 0.3) is 5.56 Å². The van der Waals surface area contributed by atoms with Crippen molar-refractivity contribution in [3.05, 3.63) is 87.4 Å². The number of rotatable bonds is 7. The van der Waals surface area contributed by atoms with Crippen LogP contribution in [0.3, 0.4) is 0 Å². The Labute approximate surface area is 199 Å². The quantitative estimate of drug-likeness (QED) is 0.337. The van der Waals surface area contributed by atoms with E-state index in [9.17, 15) is 9.59 Å². The predicted molar refractivity (Wildman–Crippen MR) is 132 cm³/mol. The normalized spacial score (nSPS) is 11.1. The van der Waals surface area contributed by atoms with E-state index >= 15 is 0 Å². The van der Waals surface area contributed by atoms with Gasteiger partial charge in [0, 0.05) is 30.0 Å². The molecule has 4 rings (SSSR count). The molecule has 0 saturated carbocycles. The summed E-state index contributed by atoms with van der Waals surface area (Å²) in [5, 5.41) is 0.680. The number of halogens is 2. The molecule has 2 heterocycles. The number of hydrogen-bond donors (Lipinski definition) is 0. The molecule has 2 aromatic carbocycles. The van der Waals surface area contributed by atoms with Gasteiger partial charge in [-0.3, -0.25) is 14.2 Å². The van der Waals surface area contributed by atoms with E-state index in [0.717, 1.165) is 21.6 Å². The van der Waals surface area contributed by atoms with Gasteiger partial charge in [-0.25, -0.2) is 4.98 Å². The number of amides is 1. The lowest BCUT2D eigenvalue weighted by Gasteiger charge is -2.16. The molecule has 0 N–H and O–H groups in total. The fourth-order valence-electron chi connectivity index (χ4n) is 3.39. The van der Waals surface area contributed by atoms with Crippen LogP contribution in [0.4, 0.5) is 0 Å². The molecule has 8 heteroatoms. The molecule has 0 aliphatic carbocycles. The molecule has 0 saturated heterocycles. The van der Waals surface area contributed by atoms with Crippen LogP contribution < -0.4 is 5.56 Å². The van der Waals surface area contributed by atoms with Gasteiger partial charge in [0.05, 0.1) is 11.8 Å². The van der Waals surface area contributed by atoms with E-state index in [4.69, 9.17) is 23.2 Å². The van der Waals surface area contributed by atoms with Crippen molar-refractivity contribution in [2.24, 2.45) is 0 Å². The SMILES string of the molecule is CN(Cc1ccc(CCn2cnc3cc(-c4ccc(Cl)cc4)sc3c2=O)cc1)C(=O)CCl. The molecule has 0 aliphatic heterocycles. The third-order valence-corrected chi connectivity index (χ3v) is 6.90. The van der Waals surface area contributed by atoms with Gasteiger partial charge in [0.2, 0.25) is 5.91 Å². The zero-order valence-electron chi connectivity index (χ0n) is 17.4. The Morgan fingerprint density at radius 3 is 2.47 bits per heavy atom. The standard InChI is InChI=1S/C24H21Cl2N3O2S/c1-28(22(30)13-25)14-17-4-2-16(3-5-17)10-11-29-15-27-20-12-21(32-23(20)24(29)31)18-6-8-19(26)9-7-18/h2-9,12,15H,10-11,13-14H2,1H3. The molecule has 0 radical (unpaired) electrons. The van der Waals surface area contributed by atoms with Gasteiger partial charge in [-0.1, -0.05) is 48.0 Å². The monoisotopic (exact) mass is 485 g/mol. The van der Waals surface area contributed by atoms with E-state index in [1.807, 2.05) is 54.6 Å². The molecule has 4 aromatic rings. The van der Waals surface area contributed by atoms with Gasteiger partial charge in [0.1, 0.15) is 10.6 Å². The summed E-state index contributed by atoms with van der Waals surface area (Å²) in [6.45, 7) is 1.06. The summed E-state index contributed by atoms with van der Waals surface area (Å²) in [5.41, 5.74) is 3.84. The Hall–Kier alpha value is -2.67. The van der Waals surface area contributed by atoms with Crippen molar-refractivity contribution in [3.63, 3.8) is 0 Å². The van der Waals surface area contributed by atoms with E-state index in [0.29, 0.717) is 34.7 Å². The maximum atomic E-state index is 13.0. The number of aromatic nitrogens is 2. The Bertz CT molecular complexity index is 1300. The number of thiophene rings is 1. The van der Waals surface area contributed by atoms with E-state index in [1.54, 1.807) is 22.8 Å². The molecule has 32 heavy (non-hydrogen) atoms. The lowest BCUT2D eigenvalue weighted by Crippen LogP contribution is -2.27. The van der Waals surface area contributed by atoms with Gasteiger partial charge in [0.15, 0.2) is 0 Å². The molecule has 164 valence electrons. The Morgan fingerprint density at radius 1 is 1.09 bits per heavy atom. The number of nitrogens with zero attached hydrogens (tertiary/aromatic N) is 3. The number of alkyl halides is 1. The number of fused-ring (bicyclic) bond motifs is 1. The second-order valence-electron chi connectivity index (χ2n) is 7.52. The summed E-state index contributed by atoms with van der Waals surface area (Å²) in [4.78, 5) is 31.7. The first-order valence-corrected chi connectivity index (χ1v) is 11.8. The summed E-state index contributed by atoms with van der Waals surface area (Å²) >= 11 is 13.0. The third kappa shape index (κ3) is 5.04. The summed E-state index contributed by atoms with van der Waals surface area (Å²) in [6, 6.07) is 17.5. The minimum absolute atomic E-state index is 0.0207. The van der Waals surface area contributed by atoms with Gasteiger partial charge in [-0.2, -0.15) is 0 Å². The van der Waals surface area contributed by atoms with Gasteiger partial charge >= 0.3 is 0 Å². The van der Waals surface area contributed by atoms with Crippen molar-refractivity contribution in [1.82, 2.24) is 14.5 Å². The molecule has 0 bridgehead atoms. The molecule has 0 unspecified atom stereocenters. The number of benzene rings is 2. The lowest BCUT2D eigenvalue weighted by molar-refractivity contribution is -0.127. The minimum atomic E-state index is -0.106. The molecule has 2 aromatic heterocycles. The third-order valence-electron chi connectivity index (χ3n) is 5.26. The first-order chi connectivity index (χ1) is 15.4. The maximum Gasteiger partial charge on any atom is 0.271 e. The molecular formula is C24H21Cl2N3O2S. The molecule has 0 aliphatic rings. The molecule has 5 nitrogen and oxygen atoms in total. The number of aryl methyl sites for hydroxylation is 2. The minimum Gasteiger partial charge on any atom is -0.340 e. The second-order valence-corrected chi connectivity index (χ2v) is 9.28. The highest BCUT2D eigenvalue weighted by Gasteiger charge is 2.11. The summed E-state index contributed by atoms with van der Waals surface area (Å²) in [5.74, 6) is -0.126. The highest BCUT2D eigenvalue weighted by molar-refractivity contribution is 7.22. The fraction of sp³-hybridized carbons (Fsp3) is 0.208. The van der Waals surface area contributed by atoms with E-state index < -0.39 is 0 Å². The van der Waals surface area contributed by atoms with Crippen LogP contribution in [0.25, 0.3) is 20.7 Å². The van der Waals surface area contributed by atoms with Crippen molar-refractivity contribution in [1.29, 1.82) is 0 Å². The van der Waals surface area contributed by atoms with Crippen LogP contribution >= 0.6 is 34.5 Å². The van der Waals surface area contributed by atoms with Crippen LogP contribution in [-0.4, -0.2) is 33.3 Å². The molecule has 0 atom stereocenters. The van der Waals surface area contributed by atoms with Crippen LogP contribution in [0.15, 0.2) is 65.7 Å². The van der Waals surface area contributed by atoms with Crippen LogP contribution in [-0.2, 0) is 24.3 Å². The molecule has 0 spiro atoms. The van der Waals surface area contributed by atoms with Crippen molar-refractivity contribution < 1.29 is 4.79 Å². The van der Waals surface area contributed by atoms with Crippen LogP contribution in [0, 0.1) is 0 Å². The van der Waals surface area contributed by atoms with Crippen LogP contribution in [0.1, 0.15) is 11.1 Å². The number of carbonyl (C=O) groups is 1. The van der Waals surface area contributed by atoms with Gasteiger partial charge in [-0.05, 0) is 41.3 Å². The maximum absolute atomic E-state index is 13.0. The zero-order chi connectivity index (χ0) is 22.7. The average molecular weight is 486 g/mol. The van der Waals surface area contributed by atoms with E-state index in [-0.39, 0.29) is 17.3 Å². The second kappa shape index (κ2) is 9.86. The average Bonchev–Trinajstić information content (AvgIpc) is 3.25. The zero-order valence-corrected chi connectivity index (χ0v) is 19.8. The van der Waals surface area contributed by atoms with Gasteiger partial charge in [-0.15, -0.1) is 22.9 Å². The first kappa shape index (κ1) is 22.5. The Morgan fingerprint density at radius 2 is 1.78 bits per heavy atom. The van der Waals surface area contributed by atoms with Crippen molar-refractivity contribution in [2.45, 2.75) is 19.5 Å². The van der Waals surface area contributed by atoms with Crippen LogP contribution in [0.2, 0.25) is 5.02 Å². The number of hydrogen-bond acceptors (Lipinski definition) is 4. The summed E-state index contributed by atoms with van der Waals surface area (Å²) in [6.07, 6.45) is 2.32. The number of carbonyl (C=O) groups excluding carboxylic acids is 1. The first-order valence-electron chi connectivity index (χ1n) is 10.1. The largest absolute Gasteiger partial charge is 0.340 e. The van der Waals surface area contributed by atoms with E-state index in [2.05, 4.69) is 4.98 Å². The van der Waals surface area contributed by atoms with Gasteiger partial charge < -0.3 is 4.90 Å². The smallest absolute Gasteiger partial charge is 0.271 e. The molecule has 1 amide bonds.